The van der Waals surface area contributed by atoms with Crippen molar-refractivity contribution in [3.05, 3.63) is 179 Å². The molecular weight excluding hydrogens is 1400 g/mol. The first-order chi connectivity index (χ1) is 50.7. The van der Waals surface area contributed by atoms with Crippen LogP contribution in [0.15, 0.2) is 146 Å². The van der Waals surface area contributed by atoms with Crippen LogP contribution in [-0.2, 0) is 91.4 Å². The normalized spacial score (nSPS) is 23.8. The Labute approximate surface area is 623 Å². The second kappa shape index (κ2) is 41.8. The van der Waals surface area contributed by atoms with Gasteiger partial charge in [0.1, 0.15) is 60.4 Å². The SMILES string of the molecule is CC(C)NCc1ccc(C[C@@H]2NC(=O)[C@@H](Cc3c[nH]c4ccccc34)NC(=O)[C@H](Cc3ccccc3)NC(=O)[C@H](Cc3ccccc3)NC(=O)[C@H](CCCCN)NC(=O)[C@@H](N)CSSC[C@@H](C(=O)O)NC(=O)[C@H](CO)NC(=O)[C@H]([C@@H](C)O)N(C)C(=O)[C@H](Cc3ccccc3)NC(=O)[C@@H]([C@@H](C)O)NC2=O)cc1. The number of aliphatic carboxylic acids is 1. The predicted molar refractivity (Wildman–Crippen MR) is 402 cm³/mol. The average Bonchev–Trinajstić information content (AvgIpc) is 1.55. The van der Waals surface area contributed by atoms with E-state index in [0.717, 1.165) is 46.0 Å². The topological polar surface area (TPSA) is 460 Å². The monoisotopic (exact) mass is 1500 g/mol. The number of aromatic nitrogens is 1. The van der Waals surface area contributed by atoms with Crippen molar-refractivity contribution in [1.82, 2.24) is 63.1 Å². The number of aliphatic hydroxyl groups is 3. The number of aromatic amines is 1. The van der Waals surface area contributed by atoms with E-state index in [9.17, 15) is 54.0 Å². The van der Waals surface area contributed by atoms with Gasteiger partial charge < -0.3 is 94.9 Å². The van der Waals surface area contributed by atoms with Gasteiger partial charge in [0.2, 0.25) is 59.1 Å². The summed E-state index contributed by atoms with van der Waals surface area (Å²) in [6.07, 6.45) is -1.99. The van der Waals surface area contributed by atoms with Crippen LogP contribution in [0.2, 0.25) is 0 Å². The summed E-state index contributed by atoms with van der Waals surface area (Å²) < 4.78 is 0. The van der Waals surface area contributed by atoms with E-state index in [-0.39, 0.29) is 62.6 Å². The number of H-pyrrole nitrogens is 1. The third kappa shape index (κ3) is 25.5. The number of nitrogens with two attached hydrogens (primary N) is 2. The molecule has 13 atom stereocenters. The van der Waals surface area contributed by atoms with E-state index in [1.165, 1.54) is 6.92 Å². The number of nitrogens with zero attached hydrogens (tertiary/aromatic N) is 1. The standard InChI is InChI=1S/C75H98N14O15S2/c1-43(2)78-38-50-30-28-49(29-31-50)35-58-70(98)88-63(44(3)91)72(100)85-60(36-48-23-13-8-14-24-48)74(102)89(5)64(45(4)92)73(101)86-61(40-90)71(99)87-62(75(103)104)42-106-105-41-53(77)65(93)80-55(27-17-18-32-76)66(94)81-56(33-46-19-9-6-10-20-46)67(95)82-57(34-47-21-11-7-12-22-47)68(96)84-59(69(97)83-58)37-51-39-79-54-26-16-15-25-52(51)54/h6-16,19-26,28-31,39,43-45,53,55-64,78-79,90-92H,17-18,27,32-38,40-42,76-77H2,1-5H3,(H,80,93)(H,81,94)(H,82,95)(H,83,97)(H,84,96)(H,85,100)(H,86,101)(H,87,99)(H,88,98)(H,103,104)/t44-,45-,53+,55+,56+,57+,58+,59-,60+,61+,62+,63-,64+/m1/s1. The molecule has 570 valence electrons. The van der Waals surface area contributed by atoms with Gasteiger partial charge in [0, 0.05) is 80.3 Å². The molecule has 0 saturated carbocycles. The van der Waals surface area contributed by atoms with Gasteiger partial charge in [0.25, 0.3) is 0 Å². The fourth-order valence-electron chi connectivity index (χ4n) is 11.8. The molecule has 31 heteroatoms. The minimum absolute atomic E-state index is 0.0302. The van der Waals surface area contributed by atoms with E-state index < -0.39 is 150 Å². The van der Waals surface area contributed by atoms with Crippen molar-refractivity contribution in [3.63, 3.8) is 0 Å². The van der Waals surface area contributed by atoms with Crippen molar-refractivity contribution < 1.29 is 73.2 Å². The van der Waals surface area contributed by atoms with Gasteiger partial charge in [-0.2, -0.15) is 0 Å². The summed E-state index contributed by atoms with van der Waals surface area (Å²) in [5.74, 6) is -11.8. The minimum atomic E-state index is -1.88. The Hall–Kier alpha value is -9.73. The number of nitrogens with one attached hydrogen (secondary N) is 11. The number of aliphatic hydroxyl groups excluding tert-OH is 3. The summed E-state index contributed by atoms with van der Waals surface area (Å²) in [6.45, 7) is 5.96. The quantitative estimate of drug-likeness (QED) is 0.0335. The van der Waals surface area contributed by atoms with Gasteiger partial charge in [-0.05, 0) is 79.1 Å². The number of amides is 10. The zero-order valence-electron chi connectivity index (χ0n) is 59.8. The van der Waals surface area contributed by atoms with Gasteiger partial charge in [-0.25, -0.2) is 4.79 Å². The molecule has 10 amide bonds. The summed E-state index contributed by atoms with van der Waals surface area (Å²) in [6, 6.07) is 22.6. The lowest BCUT2D eigenvalue weighted by molar-refractivity contribution is -0.147. The maximum absolute atomic E-state index is 15.6. The number of carbonyl (C=O) groups is 11. The molecule has 19 N–H and O–H groups in total. The Balaban J connectivity index is 1.33. The molecule has 0 spiro atoms. The van der Waals surface area contributed by atoms with Crippen LogP contribution in [0.5, 0.6) is 0 Å². The molecule has 1 aliphatic rings. The molecule has 1 aromatic heterocycles. The highest BCUT2D eigenvalue weighted by Gasteiger charge is 2.41. The molecule has 1 saturated heterocycles. The van der Waals surface area contributed by atoms with Crippen LogP contribution in [0.25, 0.3) is 10.9 Å². The van der Waals surface area contributed by atoms with Crippen LogP contribution in [0.1, 0.15) is 80.3 Å². The van der Waals surface area contributed by atoms with E-state index in [1.807, 2.05) is 38.1 Å². The molecule has 7 rings (SSSR count). The van der Waals surface area contributed by atoms with E-state index in [4.69, 9.17) is 11.5 Å². The zero-order chi connectivity index (χ0) is 77.0. The molecule has 0 unspecified atom stereocenters. The molecule has 0 aliphatic carbocycles. The lowest BCUT2D eigenvalue weighted by Gasteiger charge is -2.34. The highest BCUT2D eigenvalue weighted by molar-refractivity contribution is 8.76. The number of fused-ring (bicyclic) bond motifs is 1. The van der Waals surface area contributed by atoms with Crippen molar-refractivity contribution in [2.24, 2.45) is 11.5 Å². The number of carboxylic acids is 1. The Morgan fingerprint density at radius 3 is 1.43 bits per heavy atom. The van der Waals surface area contributed by atoms with Gasteiger partial charge in [-0.1, -0.05) is 169 Å². The lowest BCUT2D eigenvalue weighted by atomic mass is 9.99. The minimum Gasteiger partial charge on any atom is -0.480 e. The number of carboxylic acid groups (broad SMARTS) is 1. The van der Waals surface area contributed by atoms with E-state index in [2.05, 4.69) is 58.2 Å². The fourth-order valence-corrected chi connectivity index (χ4v) is 14.1. The van der Waals surface area contributed by atoms with Gasteiger partial charge in [-0.3, -0.25) is 47.9 Å². The van der Waals surface area contributed by atoms with Crippen LogP contribution in [-0.4, -0.2) is 212 Å². The number of carbonyl (C=O) groups excluding carboxylic acids is 10. The number of hydrogen-bond acceptors (Lipinski definition) is 19. The van der Waals surface area contributed by atoms with Crippen LogP contribution in [0.4, 0.5) is 0 Å². The summed E-state index contributed by atoms with van der Waals surface area (Å²) >= 11 is 0. The highest BCUT2D eigenvalue weighted by atomic mass is 33.1. The van der Waals surface area contributed by atoms with Crippen LogP contribution >= 0.6 is 21.6 Å². The van der Waals surface area contributed by atoms with Crippen LogP contribution < -0.4 is 64.6 Å². The van der Waals surface area contributed by atoms with Crippen molar-refractivity contribution in [2.75, 3.05) is 31.7 Å². The first-order valence-electron chi connectivity index (χ1n) is 35.1. The van der Waals surface area contributed by atoms with Crippen molar-refractivity contribution in [3.8, 4) is 0 Å². The molecule has 29 nitrogen and oxygen atoms in total. The number of benzene rings is 5. The molecule has 5 aromatic carbocycles. The number of unbranched alkanes of at least 4 members (excludes halogenated alkanes) is 1. The maximum atomic E-state index is 15.6. The largest absolute Gasteiger partial charge is 0.480 e. The number of rotatable bonds is 21. The molecule has 1 fully saturated rings. The molecule has 0 bridgehead atoms. The smallest absolute Gasteiger partial charge is 0.327 e. The summed E-state index contributed by atoms with van der Waals surface area (Å²) in [5.41, 5.74) is 16.5. The molecular formula is C75H98N14O15S2. The van der Waals surface area contributed by atoms with Gasteiger partial charge in [0.05, 0.1) is 24.9 Å². The van der Waals surface area contributed by atoms with Gasteiger partial charge in [-0.15, -0.1) is 0 Å². The van der Waals surface area contributed by atoms with Crippen molar-refractivity contribution >= 4 is 97.5 Å². The molecule has 106 heavy (non-hydrogen) atoms. The van der Waals surface area contributed by atoms with E-state index in [0.29, 0.717) is 58.1 Å². The first-order valence-corrected chi connectivity index (χ1v) is 37.6. The lowest BCUT2D eigenvalue weighted by Crippen LogP contribution is -2.63. The Bertz CT molecular complexity index is 3920. The molecule has 6 aromatic rings. The van der Waals surface area contributed by atoms with Gasteiger partial charge >= 0.3 is 5.97 Å². The van der Waals surface area contributed by atoms with E-state index >= 15 is 19.2 Å². The number of likely N-dealkylation sites (N-methyl/N-ethyl adjacent to an activating group) is 1. The Morgan fingerprint density at radius 1 is 0.500 bits per heavy atom. The predicted octanol–water partition coefficient (Wildman–Crippen LogP) is 0.0592. The molecule has 1 aliphatic heterocycles. The van der Waals surface area contributed by atoms with Crippen LogP contribution in [0, 0.1) is 0 Å². The summed E-state index contributed by atoms with van der Waals surface area (Å²) in [5, 5.41) is 71.2. The average molecular weight is 1500 g/mol. The fraction of sp³-hybridized carbons (Fsp3) is 0.427. The van der Waals surface area contributed by atoms with Gasteiger partial charge in [0.15, 0.2) is 0 Å². The first kappa shape index (κ1) is 83.5. The highest BCUT2D eigenvalue weighted by Crippen LogP contribution is 2.24. The number of hydrogen-bond donors (Lipinski definition) is 17. The Kier molecular flexibility index (Phi) is 33.0. The molecule has 2 heterocycles. The third-order valence-corrected chi connectivity index (χ3v) is 20.2. The second-order valence-electron chi connectivity index (χ2n) is 26.5. The summed E-state index contributed by atoms with van der Waals surface area (Å²) in [4.78, 5) is 165. The van der Waals surface area contributed by atoms with E-state index in [1.54, 1.807) is 121 Å². The van der Waals surface area contributed by atoms with Crippen molar-refractivity contribution in [1.29, 1.82) is 0 Å². The van der Waals surface area contributed by atoms with Crippen LogP contribution in [0.3, 0.4) is 0 Å². The second-order valence-corrected chi connectivity index (χ2v) is 29.1. The van der Waals surface area contributed by atoms with Crippen molar-refractivity contribution in [2.45, 2.75) is 170 Å². The Morgan fingerprint density at radius 2 is 0.934 bits per heavy atom. The number of para-hydroxylation sites is 1. The molecule has 0 radical (unpaired) electrons. The third-order valence-electron chi connectivity index (χ3n) is 17.7. The maximum Gasteiger partial charge on any atom is 0.327 e. The summed E-state index contributed by atoms with van der Waals surface area (Å²) in [7, 11) is 2.97. The zero-order valence-corrected chi connectivity index (χ0v) is 61.5.